The van der Waals surface area contributed by atoms with Crippen LogP contribution >= 0.6 is 0 Å². The fraction of sp³-hybridized carbons (Fsp3) is 0.789. The third-order valence-electron chi connectivity index (χ3n) is 19.6. The highest BCUT2D eigenvalue weighted by Gasteiger charge is 2.81. The molecule has 4 aliphatic heterocycles. The van der Waals surface area contributed by atoms with E-state index in [-0.39, 0.29) is 38.2 Å². The lowest BCUT2D eigenvalue weighted by Crippen LogP contribution is -2.78. The Morgan fingerprint density at radius 3 is 1.92 bits per heavy atom. The molecule has 1 aromatic rings. The SMILES string of the molecule is CO[C@@H]1[C@@H](O)[C@H](O[C@H]2[C@@H](OC)C[C@H](O[C@H]3[C@@H](OC)C[C@H](O[C@H]4CC[C@@]5(C)C(=CC[C@]6(O)[C@H]5C[C@@H](OC(=O)/C=C/c5ccccc5)[C@@]5(C)[C@]6(O)CC[C@@]5(O)C(C)=O)C4)O[C@@H]3C)O[C@@H]2C)O[C@H](C)[C@H]1O[C@@H]1O[C@H](CO)[C@@H](O)[C@H](O)[C@H]1O. The predicted octanol–water partition coefficient (Wildman–Crippen LogP) is 1.50. The molecular weight excluding hydrogens is 1040 g/mol. The number of ether oxygens (including phenoxy) is 12. The van der Waals surface area contributed by atoms with Gasteiger partial charge in [0.15, 0.2) is 30.9 Å². The first-order valence-electron chi connectivity index (χ1n) is 27.9. The van der Waals surface area contributed by atoms with Gasteiger partial charge in [-0.2, -0.15) is 0 Å². The van der Waals surface area contributed by atoms with Crippen LogP contribution in [0.4, 0.5) is 0 Å². The van der Waals surface area contributed by atoms with Crippen LogP contribution in [0.3, 0.4) is 0 Å². The Morgan fingerprint density at radius 2 is 1.30 bits per heavy atom. The molecule has 22 heteroatoms. The minimum Gasteiger partial charge on any atom is -0.458 e. The average molecular weight is 1120 g/mol. The lowest BCUT2D eigenvalue weighted by atomic mass is 9.42. The second-order valence-corrected chi connectivity index (χ2v) is 23.7. The molecule has 0 bridgehead atoms. The third-order valence-corrected chi connectivity index (χ3v) is 19.6. The highest BCUT2D eigenvalue weighted by molar-refractivity contribution is 5.88. The van der Waals surface area contributed by atoms with Crippen molar-refractivity contribution in [2.45, 2.75) is 239 Å². The van der Waals surface area contributed by atoms with Gasteiger partial charge in [0.25, 0.3) is 0 Å². The van der Waals surface area contributed by atoms with Crippen LogP contribution in [-0.4, -0.2) is 220 Å². The van der Waals surface area contributed by atoms with E-state index in [1.807, 2.05) is 43.3 Å². The van der Waals surface area contributed by atoms with Crippen LogP contribution in [0.1, 0.15) is 105 Å². The monoisotopic (exact) mass is 1120 g/mol. The standard InChI is InChI=1S/C57H84O22/c1-28-47(77-42-25-36(69-8)48(29(2)72-42)78-52-46(64)50(70-9)49(30(3)73-52)79-51-45(63)44(62)43(61)37(27-58)75-51)35(68-7)24-41(71-28)74-34-18-19-53(5)33(23-34)17-20-56(66)38(53)26-39(76-40(60)16-15-32-13-11-10-12-14-32)54(6)55(65,31(4)59)21-22-57(54,56)67/h10-17,28-30,34-39,41-52,58,61-67H,18-27H2,1-9H3/b16-15+/t28-,29-,30-,34+,35+,36+,37-,38+,39-,41+,42+,43-,44+,45-,46-,47-,48-,49-,50-,51+,52+,53+,54-,55-,56+,57-/m1/s1. The summed E-state index contributed by atoms with van der Waals surface area (Å²) in [5.41, 5.74) is -6.42. The highest BCUT2D eigenvalue weighted by atomic mass is 16.8. The summed E-state index contributed by atoms with van der Waals surface area (Å²) >= 11 is 0. The van der Waals surface area contributed by atoms with Crippen LogP contribution < -0.4 is 0 Å². The van der Waals surface area contributed by atoms with Crippen LogP contribution in [0.25, 0.3) is 6.08 Å². The molecule has 444 valence electrons. The van der Waals surface area contributed by atoms with Crippen molar-refractivity contribution < 1.29 is 107 Å². The maximum absolute atomic E-state index is 13.6. The molecule has 4 saturated heterocycles. The smallest absolute Gasteiger partial charge is 0.331 e. The topological polar surface area (TPSA) is 307 Å². The molecule has 0 spiro atoms. The van der Waals surface area contributed by atoms with Crippen molar-refractivity contribution in [1.82, 2.24) is 0 Å². The molecule has 7 fully saturated rings. The van der Waals surface area contributed by atoms with Gasteiger partial charge in [-0.1, -0.05) is 48.9 Å². The zero-order valence-corrected chi connectivity index (χ0v) is 46.6. The molecule has 0 aromatic heterocycles. The zero-order chi connectivity index (χ0) is 57.1. The van der Waals surface area contributed by atoms with Crippen LogP contribution in [-0.2, 0) is 66.4 Å². The van der Waals surface area contributed by atoms with Crippen LogP contribution in [0.2, 0.25) is 0 Å². The number of fused-ring (bicyclic) bond motifs is 5. The molecule has 3 saturated carbocycles. The maximum Gasteiger partial charge on any atom is 0.331 e. The van der Waals surface area contributed by atoms with Gasteiger partial charge in [-0.15, -0.1) is 0 Å². The Bertz CT molecular complexity index is 2340. The van der Waals surface area contributed by atoms with Crippen molar-refractivity contribution in [1.29, 1.82) is 0 Å². The molecule has 0 unspecified atom stereocenters. The molecule has 79 heavy (non-hydrogen) atoms. The second-order valence-electron chi connectivity index (χ2n) is 23.7. The number of carbonyl (C=O) groups excluding carboxylic acids is 2. The van der Waals surface area contributed by atoms with E-state index in [2.05, 4.69) is 6.92 Å². The van der Waals surface area contributed by atoms with Gasteiger partial charge in [0, 0.05) is 46.2 Å². The largest absolute Gasteiger partial charge is 0.458 e. The maximum atomic E-state index is 13.6. The van der Waals surface area contributed by atoms with E-state index >= 15 is 0 Å². The average Bonchev–Trinajstić information content (AvgIpc) is 3.25. The number of carbonyl (C=O) groups is 2. The number of ketones is 1. The molecule has 4 aliphatic carbocycles. The van der Waals surface area contributed by atoms with Crippen molar-refractivity contribution in [2.75, 3.05) is 27.9 Å². The Kier molecular flexibility index (Phi) is 18.1. The number of benzene rings is 1. The minimum absolute atomic E-state index is 0.0567. The van der Waals surface area contributed by atoms with Crippen molar-refractivity contribution in [3.63, 3.8) is 0 Å². The number of Topliss-reactive ketones (excluding diaryl/α,β-unsaturated/α-hetero) is 1. The first kappa shape index (κ1) is 60.7. The number of rotatable bonds is 16. The Labute approximate surface area is 461 Å². The summed E-state index contributed by atoms with van der Waals surface area (Å²) in [6.45, 7) is 9.58. The van der Waals surface area contributed by atoms with Gasteiger partial charge in [0.2, 0.25) is 0 Å². The van der Waals surface area contributed by atoms with Gasteiger partial charge < -0.3 is 97.7 Å². The van der Waals surface area contributed by atoms with E-state index in [0.717, 1.165) is 11.1 Å². The fourth-order valence-corrected chi connectivity index (χ4v) is 14.8. The molecule has 1 aromatic carbocycles. The van der Waals surface area contributed by atoms with E-state index in [9.17, 15) is 50.4 Å². The van der Waals surface area contributed by atoms with E-state index in [1.54, 1.807) is 34.0 Å². The Morgan fingerprint density at radius 1 is 0.696 bits per heavy atom. The summed E-state index contributed by atoms with van der Waals surface area (Å²) in [7, 11) is 4.49. The summed E-state index contributed by atoms with van der Waals surface area (Å²) in [6, 6.07) is 9.24. The van der Waals surface area contributed by atoms with Gasteiger partial charge in [-0.05, 0) is 96.6 Å². The first-order valence-corrected chi connectivity index (χ1v) is 27.9. The molecular formula is C57H84O22. The number of hydrogen-bond acceptors (Lipinski definition) is 22. The van der Waals surface area contributed by atoms with E-state index in [1.165, 1.54) is 27.2 Å². The third kappa shape index (κ3) is 10.6. The fourth-order valence-electron chi connectivity index (χ4n) is 14.8. The summed E-state index contributed by atoms with van der Waals surface area (Å²) in [4.78, 5) is 27.0. The first-order chi connectivity index (χ1) is 37.4. The molecule has 4 heterocycles. The summed E-state index contributed by atoms with van der Waals surface area (Å²) < 4.78 is 74.1. The van der Waals surface area contributed by atoms with Gasteiger partial charge in [-0.3, -0.25) is 4.79 Å². The van der Waals surface area contributed by atoms with Crippen molar-refractivity contribution >= 4 is 17.8 Å². The number of esters is 1. The second kappa shape index (κ2) is 23.6. The van der Waals surface area contributed by atoms with Gasteiger partial charge >= 0.3 is 5.97 Å². The van der Waals surface area contributed by atoms with Crippen LogP contribution in [0.15, 0.2) is 48.1 Å². The van der Waals surface area contributed by atoms with Crippen molar-refractivity contribution in [3.05, 3.63) is 53.6 Å². The lowest BCUT2D eigenvalue weighted by molar-refractivity contribution is -0.373. The molecule has 22 nitrogen and oxygen atoms in total. The van der Waals surface area contributed by atoms with Gasteiger partial charge in [0.05, 0.1) is 48.6 Å². The highest BCUT2D eigenvalue weighted by Crippen LogP contribution is 2.71. The molecule has 8 N–H and O–H groups in total. The number of aliphatic hydroxyl groups excluding tert-OH is 5. The van der Waals surface area contributed by atoms with Crippen molar-refractivity contribution in [2.24, 2.45) is 16.7 Å². The minimum atomic E-state index is -2.07. The van der Waals surface area contributed by atoms with Crippen LogP contribution in [0, 0.1) is 16.7 Å². The lowest BCUT2D eigenvalue weighted by Gasteiger charge is -2.67. The van der Waals surface area contributed by atoms with E-state index in [4.69, 9.17) is 56.8 Å². The number of hydrogen-bond donors (Lipinski definition) is 8. The summed E-state index contributed by atoms with van der Waals surface area (Å²) in [5, 5.41) is 90.5. The normalized spacial score (nSPS) is 49.1. The van der Waals surface area contributed by atoms with E-state index < -0.39 is 169 Å². The number of methoxy groups -OCH3 is 3. The van der Waals surface area contributed by atoms with E-state index in [0.29, 0.717) is 25.7 Å². The zero-order valence-electron chi connectivity index (χ0n) is 46.6. The molecule has 9 rings (SSSR count). The Hall–Kier alpha value is -2.92. The molecule has 26 atom stereocenters. The van der Waals surface area contributed by atoms with Crippen LogP contribution in [0.5, 0.6) is 0 Å². The Balaban J connectivity index is 0.816. The summed E-state index contributed by atoms with van der Waals surface area (Å²) in [5.74, 6) is -1.87. The number of aliphatic hydroxyl groups is 8. The molecule has 0 radical (unpaired) electrons. The molecule has 0 amide bonds. The summed E-state index contributed by atoms with van der Waals surface area (Å²) in [6.07, 6.45) is -12.7. The van der Waals surface area contributed by atoms with Gasteiger partial charge in [0.1, 0.15) is 77.8 Å². The van der Waals surface area contributed by atoms with Gasteiger partial charge in [-0.25, -0.2) is 4.79 Å². The predicted molar refractivity (Wildman–Crippen MR) is 275 cm³/mol. The van der Waals surface area contributed by atoms with Crippen molar-refractivity contribution in [3.8, 4) is 0 Å². The quantitative estimate of drug-likeness (QED) is 0.0661. The molecule has 8 aliphatic rings.